The number of hydrogen-bond acceptors (Lipinski definition) is 23. The second-order valence-corrected chi connectivity index (χ2v) is 35.6. The first-order valence-electron chi connectivity index (χ1n) is 47.0. The summed E-state index contributed by atoms with van der Waals surface area (Å²) in [6, 6.07) is 32.4. The highest BCUT2D eigenvalue weighted by atomic mass is 35.5. The Hall–Kier alpha value is -13.6. The van der Waals surface area contributed by atoms with Crippen molar-refractivity contribution in [2.24, 2.45) is 0 Å². The second kappa shape index (κ2) is 62.8. The van der Waals surface area contributed by atoms with Gasteiger partial charge in [-0.1, -0.05) is 242 Å². The van der Waals surface area contributed by atoms with E-state index in [1.54, 1.807) is 182 Å². The summed E-state index contributed by atoms with van der Waals surface area (Å²) in [5.74, 6) is -11.7. The topological polar surface area (TPSA) is 530 Å². The van der Waals surface area contributed by atoms with Crippen LogP contribution >= 0.6 is 58.0 Å². The van der Waals surface area contributed by atoms with Crippen molar-refractivity contribution in [1.29, 1.82) is 0 Å². The maximum absolute atomic E-state index is 15.8. The van der Waals surface area contributed by atoms with Gasteiger partial charge < -0.3 is 118 Å². The van der Waals surface area contributed by atoms with Crippen LogP contribution in [0.25, 0.3) is 0 Å². The number of carbonyl (C=O) groups excluding carboxylic acids is 16. The average Bonchev–Trinajstić information content (AvgIpc) is 1.01. The number of alkyl carbamates (subject to hydrolysis) is 5. The van der Waals surface area contributed by atoms with Gasteiger partial charge in [-0.05, 0) is 114 Å². The van der Waals surface area contributed by atoms with E-state index >= 15 is 38.4 Å². The first kappa shape index (κ1) is 116. The lowest BCUT2D eigenvalue weighted by atomic mass is 10.1. The Kier molecular flexibility index (Phi) is 50.4. The minimum Gasteiger partial charge on any atom is -0.445 e. The molecule has 0 aliphatic carbocycles. The molecule has 7 aromatic rings. The second-order valence-electron chi connectivity index (χ2n) is 33.5. The molecule has 39 nitrogen and oxygen atoms in total. The molecule has 44 heteroatoms. The maximum atomic E-state index is 15.8. The number of unbranched alkanes of at least 4 members (excludes halogenated alkanes) is 4. The van der Waals surface area contributed by atoms with Crippen LogP contribution in [-0.2, 0) is 132 Å². The fourth-order valence-electron chi connectivity index (χ4n) is 14.1. The Morgan fingerprint density at radius 3 is 1.12 bits per heavy atom. The molecule has 0 spiro atoms. The number of carbonyl (C=O) groups is 16. The lowest BCUT2D eigenvalue weighted by Gasteiger charge is -2.30. The molecule has 0 aromatic heterocycles. The summed E-state index contributed by atoms with van der Waals surface area (Å²) in [6.07, 6.45) is -6.95. The summed E-state index contributed by atoms with van der Waals surface area (Å²) in [5, 5.41) is 42.8. The fraction of sp³-hybridized carbons (Fsp3) is 0.420. The molecule has 0 radical (unpaired) electrons. The Labute approximate surface area is 859 Å². The van der Waals surface area contributed by atoms with Crippen LogP contribution in [0.2, 0.25) is 25.1 Å². The molecule has 776 valence electrons. The molecule has 144 heavy (non-hydrogen) atoms. The van der Waals surface area contributed by atoms with Gasteiger partial charge in [-0.15, -0.1) is 0 Å². The molecule has 16 amide bonds. The molecule has 1 heterocycles. The summed E-state index contributed by atoms with van der Waals surface area (Å²) < 4.78 is 39.8. The number of amides is 16. The number of rotatable bonds is 46. The molecule has 0 unspecified atom stereocenters. The highest BCUT2D eigenvalue weighted by Crippen LogP contribution is 2.23. The van der Waals surface area contributed by atoms with Gasteiger partial charge in [0.25, 0.3) is 0 Å². The summed E-state index contributed by atoms with van der Waals surface area (Å²) in [4.78, 5) is 233. The molecule has 1 saturated heterocycles. The smallest absolute Gasteiger partial charge is 0.407 e. The first-order valence-corrected chi connectivity index (χ1v) is 48.9. The van der Waals surface area contributed by atoms with E-state index in [4.69, 9.17) is 91.2 Å². The highest BCUT2D eigenvalue weighted by Gasteiger charge is 2.39. The molecular formula is C100H123Cl5N16O23. The molecular weight excluding hydrogens is 1970 g/mol. The van der Waals surface area contributed by atoms with Gasteiger partial charge in [-0.2, -0.15) is 0 Å². The van der Waals surface area contributed by atoms with Gasteiger partial charge in [0, 0.05) is 98.6 Å². The SMILES string of the molecule is CCCCCCCC(=O)N[C@@H](CCNC(=O)OCc1ccccc1Cl)C(=O)N[C@H](C(=O)N[C@@H](CCNC(=O)OCc1ccccc1Cl)C(=O)N[C@H]1CCNC(=O)[C@H]([C@@H](C)OCc2ccccc2)NC(=O)[C@H](CCNC(=O)OCc2ccccc2Cl)NC(=O)[C@H](CCNC(=O)OCc2ccccc2Cl)NC(=O)[C@H](C)NC(=O)[C@@H](C)NC(=O)[C@H](CCNC(=O)OCc2ccccc2Cl)NC1=O)[C@@H](C)OCc1ccccc1. The third kappa shape index (κ3) is 41.8. The molecule has 1 fully saturated rings. The summed E-state index contributed by atoms with van der Waals surface area (Å²) in [5.41, 5.74) is 3.40. The first-order chi connectivity index (χ1) is 69.2. The summed E-state index contributed by atoms with van der Waals surface area (Å²) in [6.45, 7) is 2.64. The number of ether oxygens (including phenoxy) is 7. The Balaban J connectivity index is 1.18. The van der Waals surface area contributed by atoms with E-state index in [9.17, 15) is 38.4 Å². The normalized spacial score (nSPS) is 17.6. The van der Waals surface area contributed by atoms with Gasteiger partial charge in [0.2, 0.25) is 65.0 Å². The van der Waals surface area contributed by atoms with Crippen LogP contribution in [-0.4, -0.2) is 207 Å². The Bertz CT molecular complexity index is 5430. The number of benzene rings is 7. The van der Waals surface area contributed by atoms with Crippen LogP contribution in [0, 0.1) is 0 Å². The highest BCUT2D eigenvalue weighted by molar-refractivity contribution is 6.32. The van der Waals surface area contributed by atoms with E-state index < -0.39 is 233 Å². The third-order valence-corrected chi connectivity index (χ3v) is 24.3. The van der Waals surface area contributed by atoms with E-state index in [0.29, 0.717) is 61.8 Å². The summed E-state index contributed by atoms with van der Waals surface area (Å²) >= 11 is 31.8. The predicted octanol–water partition coefficient (Wildman–Crippen LogP) is 9.81. The van der Waals surface area contributed by atoms with Crippen molar-refractivity contribution < 1.29 is 110 Å². The van der Waals surface area contributed by atoms with Crippen molar-refractivity contribution in [3.8, 4) is 0 Å². The van der Waals surface area contributed by atoms with Gasteiger partial charge in [0.1, 0.15) is 93.5 Å². The van der Waals surface area contributed by atoms with Gasteiger partial charge in [-0.25, -0.2) is 24.0 Å². The zero-order chi connectivity index (χ0) is 104. The molecule has 16 N–H and O–H groups in total. The van der Waals surface area contributed by atoms with Gasteiger partial charge >= 0.3 is 30.5 Å². The van der Waals surface area contributed by atoms with Gasteiger partial charge in [0.15, 0.2) is 0 Å². The monoisotopic (exact) mass is 2090 g/mol. The van der Waals surface area contributed by atoms with Crippen molar-refractivity contribution in [2.75, 3.05) is 39.3 Å². The van der Waals surface area contributed by atoms with Crippen molar-refractivity contribution in [3.63, 3.8) is 0 Å². The van der Waals surface area contributed by atoms with Crippen molar-refractivity contribution in [3.05, 3.63) is 246 Å². The minimum atomic E-state index is -1.98. The number of nitrogens with one attached hydrogen (secondary N) is 16. The summed E-state index contributed by atoms with van der Waals surface area (Å²) in [7, 11) is 0. The fourth-order valence-corrected chi connectivity index (χ4v) is 15.1. The minimum absolute atomic E-state index is 0.0170. The van der Waals surface area contributed by atoms with Crippen molar-refractivity contribution in [2.45, 2.75) is 231 Å². The molecule has 7 aromatic carbocycles. The zero-order valence-electron chi connectivity index (χ0n) is 80.2. The van der Waals surface area contributed by atoms with Gasteiger partial charge in [0.05, 0.1) is 25.4 Å². The maximum Gasteiger partial charge on any atom is 0.407 e. The standard InChI is InChI=1S/C100H123Cl5N16O23/c1-6-7-8-9-16-41-83(122)114-77(43-49-107-96(133)140-56-67-31-17-22-36-72(67)101)92(129)121-85(64(5)139-55-66-29-14-11-15-30-66)95(132)119-81(46-52-110-99(136)143-59-70-34-20-25-39-75(70)104)91(128)117-80-42-48-106-94(131)84(63(4)138-54-65-27-12-10-13-28-65)120-93(130)82(47-53-111-100(137)144-60-71-35-21-26-40-76(71)105)118-89(126)79(45-51-109-98(135)142-58-69-33-19-24-38-74(69)103)115-87(124)62(3)112-86(123)61(2)113-88(125)78(116-90(80)127)44-50-108-97(134)141-57-68-32-18-23-37-73(68)102/h10-15,17-40,61-64,77-82,84-85H,6-9,16,41-60H2,1-5H3,(H,106,131)(H,107,133)(H,108,134)(H,109,135)(H,110,136)(H,111,137)(H,112,123)(H,113,125)(H,114,122)(H,115,124)(H,116,127)(H,117,128)(H,118,126)(H,119,132)(H,120,130)(H,121,129)/t61-,62+,63-,64-,77+,78+,79+,80+,81+,82+,84+,85+/m1/s1. The van der Waals surface area contributed by atoms with Crippen LogP contribution in [0.5, 0.6) is 0 Å². The Morgan fingerprint density at radius 2 is 0.708 bits per heavy atom. The molecule has 1 aliphatic heterocycles. The Morgan fingerprint density at radius 1 is 0.361 bits per heavy atom. The van der Waals surface area contributed by atoms with Crippen LogP contribution in [0.15, 0.2) is 182 Å². The molecule has 8 rings (SSSR count). The molecule has 12 atom stereocenters. The zero-order valence-corrected chi connectivity index (χ0v) is 84.0. The predicted molar refractivity (Wildman–Crippen MR) is 534 cm³/mol. The van der Waals surface area contributed by atoms with Crippen LogP contribution < -0.4 is 85.1 Å². The average molecular weight is 2090 g/mol. The quantitative estimate of drug-likeness (QED) is 0.0125. The lowest BCUT2D eigenvalue weighted by molar-refractivity contribution is -0.138. The van der Waals surface area contributed by atoms with Gasteiger partial charge in [-0.3, -0.25) is 52.7 Å². The van der Waals surface area contributed by atoms with E-state index in [-0.39, 0.29) is 80.7 Å². The van der Waals surface area contributed by atoms with Crippen LogP contribution in [0.1, 0.15) is 151 Å². The van der Waals surface area contributed by atoms with E-state index in [1.165, 1.54) is 27.7 Å². The van der Waals surface area contributed by atoms with Crippen molar-refractivity contribution >= 4 is 153 Å². The molecule has 1 aliphatic rings. The van der Waals surface area contributed by atoms with Crippen LogP contribution in [0.3, 0.4) is 0 Å². The van der Waals surface area contributed by atoms with E-state index in [1.807, 2.05) is 6.92 Å². The van der Waals surface area contributed by atoms with Crippen molar-refractivity contribution in [1.82, 2.24) is 85.1 Å². The van der Waals surface area contributed by atoms with E-state index in [2.05, 4.69) is 85.1 Å². The third-order valence-electron chi connectivity index (χ3n) is 22.5. The number of hydrogen-bond donors (Lipinski definition) is 16. The lowest BCUT2D eigenvalue weighted by Crippen LogP contribution is -2.62. The number of halogens is 5. The largest absolute Gasteiger partial charge is 0.445 e. The van der Waals surface area contributed by atoms with Crippen LogP contribution in [0.4, 0.5) is 24.0 Å². The molecule has 0 saturated carbocycles. The molecule has 0 bridgehead atoms. The van der Waals surface area contributed by atoms with E-state index in [0.717, 1.165) is 19.3 Å².